The largest absolute Gasteiger partial charge is 0.494 e. The molecule has 13 heteroatoms. The molecule has 41 heavy (non-hydrogen) atoms. The quantitative estimate of drug-likeness (QED) is 0.186. The van der Waals surface area contributed by atoms with E-state index in [1.54, 1.807) is 0 Å². The number of fused-ring (bicyclic) bond motifs is 2. The number of nitrogens with one attached hydrogen (secondary N) is 3. The van der Waals surface area contributed by atoms with Crippen molar-refractivity contribution >= 4 is 44.2 Å². The predicted octanol–water partition coefficient (Wildman–Crippen LogP) is 5.04. The number of hydrogen-bond acceptors (Lipinski definition) is 8. The summed E-state index contributed by atoms with van der Waals surface area (Å²) in [5, 5.41) is 17.0. The zero-order chi connectivity index (χ0) is 29.3. The molecular weight excluding hydrogens is 576 g/mol. The van der Waals surface area contributed by atoms with Crippen molar-refractivity contribution in [3.63, 3.8) is 0 Å². The second kappa shape index (κ2) is 11.7. The third-order valence-electron chi connectivity index (χ3n) is 6.90. The number of halogens is 3. The summed E-state index contributed by atoms with van der Waals surface area (Å²) in [4.78, 5) is 8.62. The van der Waals surface area contributed by atoms with Crippen molar-refractivity contribution in [3.05, 3.63) is 70.4 Å². The van der Waals surface area contributed by atoms with Gasteiger partial charge in [0.15, 0.2) is 5.82 Å². The number of rotatable bonds is 10. The Kier molecular flexibility index (Phi) is 8.28. The van der Waals surface area contributed by atoms with Crippen molar-refractivity contribution in [2.45, 2.75) is 30.3 Å². The number of methoxy groups -OCH3 is 1. The van der Waals surface area contributed by atoms with Crippen LogP contribution in [0.5, 0.6) is 5.75 Å². The zero-order valence-electron chi connectivity index (χ0n) is 22.3. The number of nitrogens with zero attached hydrogens (tertiary/aromatic N) is 2. The molecule has 0 aliphatic heterocycles. The van der Waals surface area contributed by atoms with Crippen LogP contribution in [-0.4, -0.2) is 50.7 Å². The first kappa shape index (κ1) is 28.9. The van der Waals surface area contributed by atoms with Crippen LogP contribution in [0.2, 0.25) is 5.02 Å². The fourth-order valence-corrected chi connectivity index (χ4v) is 6.61. The van der Waals surface area contributed by atoms with Gasteiger partial charge in [-0.15, -0.1) is 0 Å². The van der Waals surface area contributed by atoms with Gasteiger partial charge in [-0.05, 0) is 85.9 Å². The van der Waals surface area contributed by atoms with E-state index in [2.05, 4.69) is 25.3 Å². The molecule has 0 radical (unpaired) electrons. The fraction of sp³-hybridized carbons (Fsp3) is 0.286. The van der Waals surface area contributed by atoms with Crippen LogP contribution in [-0.2, 0) is 16.4 Å². The zero-order valence-corrected chi connectivity index (χ0v) is 23.8. The summed E-state index contributed by atoms with van der Waals surface area (Å²) in [6, 6.07) is 7.70. The van der Waals surface area contributed by atoms with Crippen molar-refractivity contribution in [2.75, 3.05) is 37.3 Å². The third-order valence-corrected chi connectivity index (χ3v) is 8.55. The summed E-state index contributed by atoms with van der Waals surface area (Å²) >= 11 is 6.13. The standard InChI is InChI=1S/C28H28ClF2N5O4S/c1-32-8-3-9-33-28-34-14-16-10-15(11-23(40-2)27(16)35-28)25-20(30)5-6-21(26(25)31)36-41(38,39)24-13-17(29)12-19-18(24)4-7-22(19)37/h5-6,10-14,22,32,36-37H,3-4,7-9H2,1-2H3,(H,33,34,35)/t22-/m1/s1. The van der Waals surface area contributed by atoms with Crippen LogP contribution in [0.1, 0.15) is 30.1 Å². The Bertz CT molecular complexity index is 1740. The van der Waals surface area contributed by atoms with E-state index in [1.807, 2.05) is 7.05 Å². The number of aromatic nitrogens is 2. The van der Waals surface area contributed by atoms with Crippen molar-refractivity contribution in [3.8, 4) is 16.9 Å². The Labute approximate surface area is 241 Å². The molecule has 0 amide bonds. The molecule has 1 heterocycles. The molecule has 5 rings (SSSR count). The molecule has 1 aliphatic rings. The Hall–Kier alpha value is -3.58. The van der Waals surface area contributed by atoms with Gasteiger partial charge < -0.3 is 20.5 Å². The fourth-order valence-electron chi connectivity index (χ4n) is 4.93. The minimum atomic E-state index is -4.35. The van der Waals surface area contributed by atoms with Crippen LogP contribution in [0.3, 0.4) is 0 Å². The van der Waals surface area contributed by atoms with Crippen molar-refractivity contribution in [1.29, 1.82) is 0 Å². The molecule has 1 aromatic heterocycles. The molecule has 4 aromatic rings. The lowest BCUT2D eigenvalue weighted by atomic mass is 10.0. The molecule has 0 spiro atoms. The van der Waals surface area contributed by atoms with Crippen LogP contribution in [0.15, 0.2) is 47.5 Å². The maximum atomic E-state index is 15.9. The van der Waals surface area contributed by atoms with E-state index in [0.717, 1.165) is 25.1 Å². The summed E-state index contributed by atoms with van der Waals surface area (Å²) in [7, 11) is -1.07. The molecule has 0 unspecified atom stereocenters. The molecule has 0 bridgehead atoms. The van der Waals surface area contributed by atoms with Gasteiger partial charge in [-0.1, -0.05) is 11.6 Å². The molecule has 4 N–H and O–H groups in total. The number of sulfonamides is 1. The minimum Gasteiger partial charge on any atom is -0.494 e. The normalized spacial score (nSPS) is 14.7. The molecular formula is C28H28ClF2N5O4S. The topological polar surface area (TPSA) is 125 Å². The van der Waals surface area contributed by atoms with Gasteiger partial charge in [0.25, 0.3) is 10.0 Å². The number of ether oxygens (including phenoxy) is 1. The summed E-state index contributed by atoms with van der Waals surface area (Å²) in [6.07, 6.45) is 2.19. The number of aliphatic hydroxyl groups excluding tert-OH is 1. The van der Waals surface area contributed by atoms with Gasteiger partial charge in [-0.25, -0.2) is 27.2 Å². The average Bonchev–Trinajstić information content (AvgIpc) is 3.31. The highest BCUT2D eigenvalue weighted by Gasteiger charge is 2.30. The van der Waals surface area contributed by atoms with Crippen LogP contribution < -0.4 is 20.1 Å². The lowest BCUT2D eigenvalue weighted by Crippen LogP contribution is -2.16. The van der Waals surface area contributed by atoms with Gasteiger partial charge in [-0.2, -0.15) is 0 Å². The number of anilines is 2. The maximum absolute atomic E-state index is 15.9. The molecule has 1 aliphatic carbocycles. The Balaban J connectivity index is 1.52. The molecule has 0 saturated heterocycles. The van der Waals surface area contributed by atoms with Gasteiger partial charge in [0.1, 0.15) is 17.1 Å². The summed E-state index contributed by atoms with van der Waals surface area (Å²) < 4.78 is 65.4. The molecule has 0 saturated carbocycles. The SMILES string of the molecule is CNCCCNc1ncc2cc(-c3c(F)ccc(NS(=O)(=O)c4cc(Cl)cc5c4CC[C@H]5O)c3F)cc(OC)c2n1. The van der Waals surface area contributed by atoms with Gasteiger partial charge in [0.2, 0.25) is 5.95 Å². The number of aliphatic hydroxyl groups is 1. The average molecular weight is 604 g/mol. The smallest absolute Gasteiger partial charge is 0.262 e. The Morgan fingerprint density at radius 2 is 1.98 bits per heavy atom. The summed E-state index contributed by atoms with van der Waals surface area (Å²) in [5.41, 5.74) is 0.469. The first-order valence-electron chi connectivity index (χ1n) is 12.9. The lowest BCUT2D eigenvalue weighted by molar-refractivity contribution is 0.180. The van der Waals surface area contributed by atoms with Crippen LogP contribution >= 0.6 is 11.6 Å². The van der Waals surface area contributed by atoms with Crippen molar-refractivity contribution in [2.24, 2.45) is 0 Å². The minimum absolute atomic E-state index is 0.107. The van der Waals surface area contributed by atoms with Gasteiger partial charge in [0, 0.05) is 23.2 Å². The van der Waals surface area contributed by atoms with Crippen molar-refractivity contribution in [1.82, 2.24) is 15.3 Å². The van der Waals surface area contributed by atoms with E-state index in [1.165, 1.54) is 37.6 Å². The highest BCUT2D eigenvalue weighted by molar-refractivity contribution is 7.92. The van der Waals surface area contributed by atoms with Crippen LogP contribution in [0, 0.1) is 11.6 Å². The van der Waals surface area contributed by atoms with E-state index in [9.17, 15) is 13.5 Å². The van der Waals surface area contributed by atoms with E-state index in [4.69, 9.17) is 16.3 Å². The maximum Gasteiger partial charge on any atom is 0.262 e. The molecule has 1 atom stereocenters. The highest BCUT2D eigenvalue weighted by Crippen LogP contribution is 2.40. The van der Waals surface area contributed by atoms with E-state index in [-0.39, 0.29) is 21.2 Å². The molecule has 3 aromatic carbocycles. The van der Waals surface area contributed by atoms with Crippen LogP contribution in [0.25, 0.3) is 22.0 Å². The summed E-state index contributed by atoms with van der Waals surface area (Å²) in [6.45, 7) is 1.47. The second-order valence-electron chi connectivity index (χ2n) is 9.61. The van der Waals surface area contributed by atoms with Gasteiger partial charge in [0.05, 0.1) is 29.4 Å². The Morgan fingerprint density at radius 3 is 2.73 bits per heavy atom. The summed E-state index contributed by atoms with van der Waals surface area (Å²) in [5.74, 6) is -1.37. The van der Waals surface area contributed by atoms with E-state index >= 15 is 8.78 Å². The first-order valence-corrected chi connectivity index (χ1v) is 14.7. The highest BCUT2D eigenvalue weighted by atomic mass is 35.5. The number of hydrogen-bond donors (Lipinski definition) is 4. The second-order valence-corrected chi connectivity index (χ2v) is 11.7. The van der Waals surface area contributed by atoms with E-state index in [0.29, 0.717) is 47.4 Å². The lowest BCUT2D eigenvalue weighted by Gasteiger charge is -2.16. The van der Waals surface area contributed by atoms with Gasteiger partial charge >= 0.3 is 0 Å². The van der Waals surface area contributed by atoms with Gasteiger partial charge in [-0.3, -0.25) is 4.72 Å². The third kappa shape index (κ3) is 5.78. The van der Waals surface area contributed by atoms with Crippen LogP contribution in [0.4, 0.5) is 20.4 Å². The number of benzene rings is 3. The Morgan fingerprint density at radius 1 is 1.17 bits per heavy atom. The predicted molar refractivity (Wildman–Crippen MR) is 154 cm³/mol. The van der Waals surface area contributed by atoms with Crippen molar-refractivity contribution < 1.29 is 27.0 Å². The first-order chi connectivity index (χ1) is 19.6. The van der Waals surface area contributed by atoms with E-state index < -0.39 is 39.0 Å². The monoisotopic (exact) mass is 603 g/mol. The molecule has 0 fully saturated rings. The molecule has 9 nitrogen and oxygen atoms in total. The molecule has 216 valence electrons.